The van der Waals surface area contributed by atoms with Crippen LogP contribution in [0.1, 0.15) is 17.5 Å². The summed E-state index contributed by atoms with van der Waals surface area (Å²) in [6.45, 7) is 0.392. The number of ether oxygens (including phenoxy) is 1. The van der Waals surface area contributed by atoms with Gasteiger partial charge in [-0.3, -0.25) is 19.3 Å². The monoisotopic (exact) mass is 410 g/mol. The third-order valence-corrected chi connectivity index (χ3v) is 5.34. The molecule has 3 amide bonds. The Labute approximate surface area is 173 Å². The molecule has 0 unspecified atom stereocenters. The second-order valence-corrected chi connectivity index (χ2v) is 7.44. The summed E-state index contributed by atoms with van der Waals surface area (Å²) in [5.41, 5.74) is 1.91. The Morgan fingerprint density at radius 1 is 1.10 bits per heavy atom. The maximum Gasteiger partial charge on any atom is 0.293 e. The van der Waals surface area contributed by atoms with Crippen LogP contribution in [0.3, 0.4) is 0 Å². The third kappa shape index (κ3) is 5.71. The van der Waals surface area contributed by atoms with E-state index in [-0.39, 0.29) is 30.1 Å². The molecule has 0 radical (unpaired) electrons. The van der Waals surface area contributed by atoms with Gasteiger partial charge in [-0.25, -0.2) is 0 Å². The lowest BCUT2D eigenvalue weighted by Gasteiger charge is -2.13. The molecule has 1 heterocycles. The molecule has 0 atom stereocenters. The predicted molar refractivity (Wildman–Crippen MR) is 113 cm³/mol. The average Bonchev–Trinajstić information content (AvgIpc) is 3.00. The first-order chi connectivity index (χ1) is 14.1. The van der Waals surface area contributed by atoms with Crippen LogP contribution in [0.15, 0.2) is 59.5 Å². The van der Waals surface area contributed by atoms with Gasteiger partial charge in [-0.15, -0.1) is 0 Å². The van der Waals surface area contributed by atoms with Crippen LogP contribution in [-0.2, 0) is 16.0 Å². The van der Waals surface area contributed by atoms with Crippen LogP contribution in [0.5, 0.6) is 5.75 Å². The van der Waals surface area contributed by atoms with Gasteiger partial charge in [0, 0.05) is 19.5 Å². The smallest absolute Gasteiger partial charge is 0.293 e. The molecular formula is C22H22N2O4S. The Balaban J connectivity index is 1.44. The van der Waals surface area contributed by atoms with Crippen molar-refractivity contribution in [3.05, 3.63) is 70.6 Å². The molecule has 1 fully saturated rings. The van der Waals surface area contributed by atoms with E-state index in [1.54, 1.807) is 13.2 Å². The lowest BCUT2D eigenvalue weighted by Crippen LogP contribution is -2.37. The van der Waals surface area contributed by atoms with Crippen molar-refractivity contribution in [2.45, 2.75) is 12.8 Å². The molecule has 0 saturated carbocycles. The molecule has 1 saturated heterocycles. The van der Waals surface area contributed by atoms with E-state index in [0.29, 0.717) is 17.7 Å². The Morgan fingerprint density at radius 3 is 2.52 bits per heavy atom. The van der Waals surface area contributed by atoms with Crippen LogP contribution in [0.25, 0.3) is 6.08 Å². The van der Waals surface area contributed by atoms with Crippen LogP contribution in [0.4, 0.5) is 4.79 Å². The minimum atomic E-state index is -0.323. The van der Waals surface area contributed by atoms with Crippen molar-refractivity contribution in [2.75, 3.05) is 20.2 Å². The van der Waals surface area contributed by atoms with Gasteiger partial charge < -0.3 is 10.1 Å². The second kappa shape index (κ2) is 9.93. The molecule has 7 heteroatoms. The lowest BCUT2D eigenvalue weighted by atomic mass is 10.1. The van der Waals surface area contributed by atoms with Crippen molar-refractivity contribution in [3.8, 4) is 5.75 Å². The summed E-state index contributed by atoms with van der Waals surface area (Å²) in [4.78, 5) is 38.2. The number of hydrogen-bond donors (Lipinski definition) is 1. The number of thioether (sulfide) groups is 1. The average molecular weight is 410 g/mol. The number of benzene rings is 2. The minimum absolute atomic E-state index is 0.118. The zero-order valence-electron chi connectivity index (χ0n) is 16.1. The normalized spacial score (nSPS) is 15.1. The molecule has 3 rings (SSSR count). The lowest BCUT2D eigenvalue weighted by molar-refractivity contribution is -0.124. The van der Waals surface area contributed by atoms with Crippen LogP contribution in [0.2, 0.25) is 0 Å². The largest absolute Gasteiger partial charge is 0.497 e. The predicted octanol–water partition coefficient (Wildman–Crippen LogP) is 3.48. The van der Waals surface area contributed by atoms with Gasteiger partial charge in [0.1, 0.15) is 5.75 Å². The number of carbonyl (C=O) groups excluding carboxylic acids is 3. The van der Waals surface area contributed by atoms with E-state index in [0.717, 1.165) is 28.6 Å². The molecule has 1 aliphatic heterocycles. The van der Waals surface area contributed by atoms with Crippen molar-refractivity contribution >= 4 is 34.9 Å². The topological polar surface area (TPSA) is 75.7 Å². The Hall–Kier alpha value is -3.06. The summed E-state index contributed by atoms with van der Waals surface area (Å²) in [5, 5.41) is 2.45. The van der Waals surface area contributed by atoms with E-state index >= 15 is 0 Å². The fraction of sp³-hybridized carbons (Fsp3) is 0.227. The highest BCUT2D eigenvalue weighted by atomic mass is 32.2. The molecule has 1 aliphatic rings. The maximum atomic E-state index is 12.5. The fourth-order valence-electron chi connectivity index (χ4n) is 2.84. The van der Waals surface area contributed by atoms with Crippen molar-refractivity contribution in [1.29, 1.82) is 0 Å². The van der Waals surface area contributed by atoms with Crippen molar-refractivity contribution in [2.24, 2.45) is 0 Å². The molecule has 0 bridgehead atoms. The second-order valence-electron chi connectivity index (χ2n) is 6.44. The highest BCUT2D eigenvalue weighted by Gasteiger charge is 2.34. The number of nitrogens with zero attached hydrogens (tertiary/aromatic N) is 1. The molecule has 29 heavy (non-hydrogen) atoms. The highest BCUT2D eigenvalue weighted by Crippen LogP contribution is 2.31. The molecular weight excluding hydrogens is 388 g/mol. The van der Waals surface area contributed by atoms with Gasteiger partial charge in [-0.05, 0) is 47.5 Å². The first-order valence-corrected chi connectivity index (χ1v) is 10.1. The summed E-state index contributed by atoms with van der Waals surface area (Å²) >= 11 is 0.922. The van der Waals surface area contributed by atoms with Gasteiger partial charge in [0.15, 0.2) is 0 Å². The van der Waals surface area contributed by atoms with E-state index in [4.69, 9.17) is 4.74 Å². The fourth-order valence-corrected chi connectivity index (χ4v) is 3.70. The van der Waals surface area contributed by atoms with Gasteiger partial charge in [0.2, 0.25) is 5.91 Å². The Bertz CT molecular complexity index is 910. The molecule has 150 valence electrons. The van der Waals surface area contributed by atoms with Crippen molar-refractivity contribution in [3.63, 3.8) is 0 Å². The zero-order valence-corrected chi connectivity index (χ0v) is 16.9. The quantitative estimate of drug-likeness (QED) is 0.675. The third-order valence-electron chi connectivity index (χ3n) is 4.43. The number of methoxy groups -OCH3 is 1. The number of carbonyl (C=O) groups is 3. The van der Waals surface area contributed by atoms with Gasteiger partial charge in [-0.2, -0.15) is 0 Å². The molecule has 2 aromatic rings. The zero-order chi connectivity index (χ0) is 20.6. The van der Waals surface area contributed by atoms with Gasteiger partial charge in [0.25, 0.3) is 11.1 Å². The van der Waals surface area contributed by atoms with Gasteiger partial charge >= 0.3 is 0 Å². The van der Waals surface area contributed by atoms with Crippen LogP contribution < -0.4 is 10.1 Å². The summed E-state index contributed by atoms with van der Waals surface area (Å²) < 4.78 is 5.11. The SMILES string of the molecule is COc1ccc(CCC(=O)NCCN2C(=O)SC(=Cc3ccccc3)C2=O)cc1. The van der Waals surface area contributed by atoms with E-state index in [2.05, 4.69) is 5.32 Å². The first-order valence-electron chi connectivity index (χ1n) is 9.27. The summed E-state index contributed by atoms with van der Waals surface area (Å²) in [5.74, 6) is 0.334. The summed E-state index contributed by atoms with van der Waals surface area (Å²) in [6.07, 6.45) is 2.65. The summed E-state index contributed by atoms with van der Waals surface area (Å²) in [6, 6.07) is 16.9. The number of hydrogen-bond acceptors (Lipinski definition) is 5. The number of aryl methyl sites for hydroxylation is 1. The van der Waals surface area contributed by atoms with Gasteiger partial charge in [-0.1, -0.05) is 42.5 Å². The molecule has 2 aromatic carbocycles. The van der Waals surface area contributed by atoms with E-state index in [9.17, 15) is 14.4 Å². The van der Waals surface area contributed by atoms with Crippen LogP contribution >= 0.6 is 11.8 Å². The Kier molecular flexibility index (Phi) is 7.08. The first kappa shape index (κ1) is 20.7. The standard InChI is InChI=1S/C22H22N2O4S/c1-28-18-10-7-16(8-11-18)9-12-20(25)23-13-14-24-21(26)19(29-22(24)27)15-17-5-3-2-4-6-17/h2-8,10-11,15H,9,12-14H2,1H3,(H,23,25). The Morgan fingerprint density at radius 2 is 1.83 bits per heavy atom. The van der Waals surface area contributed by atoms with Crippen LogP contribution in [0, 0.1) is 0 Å². The maximum absolute atomic E-state index is 12.5. The highest BCUT2D eigenvalue weighted by molar-refractivity contribution is 8.18. The molecule has 0 aromatic heterocycles. The minimum Gasteiger partial charge on any atom is -0.497 e. The number of nitrogens with one attached hydrogen (secondary N) is 1. The summed E-state index contributed by atoms with van der Waals surface area (Å²) in [7, 11) is 1.61. The van der Waals surface area contributed by atoms with Crippen molar-refractivity contribution < 1.29 is 19.1 Å². The molecule has 6 nitrogen and oxygen atoms in total. The molecule has 0 aliphatic carbocycles. The number of rotatable bonds is 8. The molecule has 0 spiro atoms. The number of amides is 3. The molecule has 1 N–H and O–H groups in total. The van der Waals surface area contributed by atoms with Crippen LogP contribution in [-0.4, -0.2) is 42.2 Å². The van der Waals surface area contributed by atoms with Gasteiger partial charge in [0.05, 0.1) is 12.0 Å². The van der Waals surface area contributed by atoms with Crippen molar-refractivity contribution in [1.82, 2.24) is 10.2 Å². The number of imide groups is 1. The van der Waals surface area contributed by atoms with E-state index in [1.165, 1.54) is 4.90 Å². The van der Waals surface area contributed by atoms with E-state index in [1.807, 2.05) is 54.6 Å². The van der Waals surface area contributed by atoms with E-state index < -0.39 is 0 Å².